The van der Waals surface area contributed by atoms with Crippen molar-refractivity contribution in [2.24, 2.45) is 0 Å². The molecule has 0 amide bonds. The third-order valence-corrected chi connectivity index (χ3v) is 5.18. The maximum atomic E-state index is 9.36. The Morgan fingerprint density at radius 3 is 1.48 bits per heavy atom. The van der Waals surface area contributed by atoms with Gasteiger partial charge in [-0.15, -0.1) is 0 Å². The summed E-state index contributed by atoms with van der Waals surface area (Å²) >= 11 is 0. The molecule has 0 aliphatic rings. The second-order valence-electron chi connectivity index (χ2n) is 7.16. The molecule has 0 saturated carbocycles. The van der Waals surface area contributed by atoms with Crippen LogP contribution >= 0.6 is 0 Å². The number of hydrogen-bond acceptors (Lipinski definition) is 1. The minimum absolute atomic E-state index is 0.328. The predicted molar refractivity (Wildman–Crippen MR) is 113 cm³/mol. The molecule has 0 fully saturated rings. The molecule has 0 spiro atoms. The average molecular weight is 352 g/mol. The molecule has 0 aliphatic heterocycles. The van der Waals surface area contributed by atoms with Crippen LogP contribution in [0.3, 0.4) is 0 Å². The van der Waals surface area contributed by atoms with Gasteiger partial charge in [-0.3, -0.25) is 0 Å². The van der Waals surface area contributed by atoms with Crippen LogP contribution in [0.15, 0.2) is 91.0 Å². The summed E-state index contributed by atoms with van der Waals surface area (Å²) in [5.41, 5.74) is 5.40. The summed E-state index contributed by atoms with van der Waals surface area (Å²) in [7, 11) is 0. The summed E-state index contributed by atoms with van der Waals surface area (Å²) in [6.45, 7) is 0. The van der Waals surface area contributed by atoms with Crippen molar-refractivity contribution in [1.82, 2.24) is 0 Å². The summed E-state index contributed by atoms with van der Waals surface area (Å²) < 4.78 is 0. The molecule has 134 valence electrons. The maximum Gasteiger partial charge on any atom is 0.115 e. The predicted octanol–water partition coefficient (Wildman–Crippen LogP) is 6.12. The Labute approximate surface area is 160 Å². The Balaban J connectivity index is 1.33. The molecule has 1 heteroatoms. The minimum atomic E-state index is 0.328. The second-order valence-corrected chi connectivity index (χ2v) is 7.16. The van der Waals surface area contributed by atoms with E-state index in [0.29, 0.717) is 5.75 Å². The molecule has 0 radical (unpaired) electrons. The van der Waals surface area contributed by atoms with Gasteiger partial charge in [-0.05, 0) is 70.8 Å². The van der Waals surface area contributed by atoms with Gasteiger partial charge in [0.2, 0.25) is 0 Å². The van der Waals surface area contributed by atoms with E-state index in [2.05, 4.69) is 66.7 Å². The van der Waals surface area contributed by atoms with Crippen molar-refractivity contribution < 1.29 is 5.11 Å². The fourth-order valence-electron chi connectivity index (χ4n) is 3.51. The molecule has 0 unspecified atom stereocenters. The fourth-order valence-corrected chi connectivity index (χ4v) is 3.51. The van der Waals surface area contributed by atoms with Crippen molar-refractivity contribution in [3.8, 4) is 5.75 Å². The zero-order valence-electron chi connectivity index (χ0n) is 15.4. The Morgan fingerprint density at radius 2 is 0.889 bits per heavy atom. The average Bonchev–Trinajstić information content (AvgIpc) is 2.72. The maximum absolute atomic E-state index is 9.36. The zero-order valence-corrected chi connectivity index (χ0v) is 15.4. The Bertz CT molecular complexity index is 1010. The topological polar surface area (TPSA) is 20.2 Å². The molecule has 4 aromatic rings. The molecule has 1 N–H and O–H groups in total. The van der Waals surface area contributed by atoms with Crippen LogP contribution in [0.2, 0.25) is 0 Å². The third-order valence-electron chi connectivity index (χ3n) is 5.18. The molecule has 4 aromatic carbocycles. The van der Waals surface area contributed by atoms with Crippen molar-refractivity contribution in [2.75, 3.05) is 0 Å². The number of fused-ring (bicyclic) bond motifs is 1. The van der Waals surface area contributed by atoms with Gasteiger partial charge in [0.1, 0.15) is 5.75 Å². The van der Waals surface area contributed by atoms with E-state index < -0.39 is 0 Å². The lowest BCUT2D eigenvalue weighted by Crippen LogP contribution is -1.94. The van der Waals surface area contributed by atoms with E-state index in [1.54, 1.807) is 12.1 Å². The second kappa shape index (κ2) is 8.09. The monoisotopic (exact) mass is 352 g/mol. The molecule has 0 atom stereocenters. The number of rotatable bonds is 6. The first-order chi connectivity index (χ1) is 13.3. The molecule has 4 rings (SSSR count). The van der Waals surface area contributed by atoms with Gasteiger partial charge in [0.05, 0.1) is 0 Å². The highest BCUT2D eigenvalue weighted by molar-refractivity contribution is 5.82. The van der Waals surface area contributed by atoms with Crippen molar-refractivity contribution in [1.29, 1.82) is 0 Å². The van der Waals surface area contributed by atoms with E-state index in [0.717, 1.165) is 25.7 Å². The first-order valence-electron chi connectivity index (χ1n) is 9.60. The van der Waals surface area contributed by atoms with Crippen LogP contribution in [0.4, 0.5) is 0 Å². The lowest BCUT2D eigenvalue weighted by molar-refractivity contribution is 0.475. The van der Waals surface area contributed by atoms with Crippen molar-refractivity contribution in [3.63, 3.8) is 0 Å². The standard InChI is InChI=1S/C26H24O/c27-26-17-14-22(15-18-26)10-9-20-5-7-21(8-6-20)11-12-23-13-16-24-3-1-2-4-25(24)19-23/h1-8,13-19,27H,9-12H2. The molecule has 0 heterocycles. The number of phenols is 1. The number of hydrogen-bond donors (Lipinski definition) is 1. The molecule has 27 heavy (non-hydrogen) atoms. The highest BCUT2D eigenvalue weighted by Crippen LogP contribution is 2.18. The molecule has 0 aromatic heterocycles. The molecule has 0 saturated heterocycles. The zero-order chi connectivity index (χ0) is 18.5. The van der Waals surface area contributed by atoms with Crippen LogP contribution in [-0.2, 0) is 25.7 Å². The number of phenolic OH excluding ortho intramolecular Hbond substituents is 1. The Morgan fingerprint density at radius 1 is 0.444 bits per heavy atom. The van der Waals surface area contributed by atoms with Gasteiger partial charge >= 0.3 is 0 Å². The van der Waals surface area contributed by atoms with Gasteiger partial charge in [-0.1, -0.05) is 78.9 Å². The lowest BCUT2D eigenvalue weighted by atomic mass is 9.99. The van der Waals surface area contributed by atoms with Crippen LogP contribution in [0.5, 0.6) is 5.75 Å². The van der Waals surface area contributed by atoms with E-state index in [4.69, 9.17) is 0 Å². The van der Waals surface area contributed by atoms with Gasteiger partial charge < -0.3 is 5.11 Å². The van der Waals surface area contributed by atoms with Crippen molar-refractivity contribution >= 4 is 10.8 Å². The van der Waals surface area contributed by atoms with Gasteiger partial charge in [0.25, 0.3) is 0 Å². The van der Waals surface area contributed by atoms with Gasteiger partial charge in [-0.2, -0.15) is 0 Å². The number of aromatic hydroxyl groups is 1. The summed E-state index contributed by atoms with van der Waals surface area (Å²) in [5.74, 6) is 0.328. The molecule has 1 nitrogen and oxygen atoms in total. The smallest absolute Gasteiger partial charge is 0.115 e. The minimum Gasteiger partial charge on any atom is -0.508 e. The van der Waals surface area contributed by atoms with E-state index >= 15 is 0 Å². The normalized spacial score (nSPS) is 11.0. The number of benzene rings is 4. The van der Waals surface area contributed by atoms with Crippen LogP contribution in [0.25, 0.3) is 10.8 Å². The van der Waals surface area contributed by atoms with Gasteiger partial charge in [-0.25, -0.2) is 0 Å². The fraction of sp³-hybridized carbons (Fsp3) is 0.154. The summed E-state index contributed by atoms with van der Waals surface area (Å²) in [6.07, 6.45) is 4.15. The van der Waals surface area contributed by atoms with Gasteiger partial charge in [0.15, 0.2) is 0 Å². The molecule has 0 aliphatic carbocycles. The molecular formula is C26H24O. The van der Waals surface area contributed by atoms with E-state index in [9.17, 15) is 5.11 Å². The van der Waals surface area contributed by atoms with Crippen LogP contribution < -0.4 is 0 Å². The molecule has 0 bridgehead atoms. The van der Waals surface area contributed by atoms with Crippen molar-refractivity contribution in [3.05, 3.63) is 113 Å². The molecular weight excluding hydrogens is 328 g/mol. The first kappa shape index (κ1) is 17.4. The quantitative estimate of drug-likeness (QED) is 0.443. The van der Waals surface area contributed by atoms with Gasteiger partial charge in [0, 0.05) is 0 Å². The van der Waals surface area contributed by atoms with Crippen LogP contribution in [-0.4, -0.2) is 5.11 Å². The SMILES string of the molecule is Oc1ccc(CCc2ccc(CCc3ccc4ccccc4c3)cc2)cc1. The van der Waals surface area contributed by atoms with Crippen LogP contribution in [0, 0.1) is 0 Å². The van der Waals surface area contributed by atoms with Crippen molar-refractivity contribution in [2.45, 2.75) is 25.7 Å². The van der Waals surface area contributed by atoms with Crippen LogP contribution in [0.1, 0.15) is 22.3 Å². The summed E-state index contributed by atoms with van der Waals surface area (Å²) in [5, 5.41) is 12.0. The number of aryl methyl sites for hydroxylation is 4. The largest absolute Gasteiger partial charge is 0.508 e. The first-order valence-corrected chi connectivity index (χ1v) is 9.60. The van der Waals surface area contributed by atoms with E-state index in [1.165, 1.54) is 33.0 Å². The summed E-state index contributed by atoms with van der Waals surface area (Å²) in [4.78, 5) is 0. The van der Waals surface area contributed by atoms with E-state index in [-0.39, 0.29) is 0 Å². The highest BCUT2D eigenvalue weighted by Gasteiger charge is 2.00. The highest BCUT2D eigenvalue weighted by atomic mass is 16.3. The third kappa shape index (κ3) is 4.57. The van der Waals surface area contributed by atoms with E-state index in [1.807, 2.05) is 12.1 Å². The Hall–Kier alpha value is -3.06. The lowest BCUT2D eigenvalue weighted by Gasteiger charge is -2.06. The summed E-state index contributed by atoms with van der Waals surface area (Å²) in [6, 6.07) is 31.8. The Kier molecular flexibility index (Phi) is 5.20.